The summed E-state index contributed by atoms with van der Waals surface area (Å²) >= 11 is 0. The van der Waals surface area contributed by atoms with Crippen LogP contribution in [0.2, 0.25) is 0 Å². The molecule has 0 amide bonds. The number of aliphatic hydroxyl groups excluding tert-OH is 2. The molecule has 0 saturated heterocycles. The van der Waals surface area contributed by atoms with Gasteiger partial charge in [0.15, 0.2) is 0 Å². The lowest BCUT2D eigenvalue weighted by molar-refractivity contribution is 0.107. The van der Waals surface area contributed by atoms with E-state index < -0.39 is 0 Å². The van der Waals surface area contributed by atoms with Crippen LogP contribution in [-0.4, -0.2) is 48.6 Å². The highest BCUT2D eigenvalue weighted by Gasteiger charge is 2.17. The van der Waals surface area contributed by atoms with Gasteiger partial charge in [-0.2, -0.15) is 0 Å². The third kappa shape index (κ3) is 24.8. The van der Waals surface area contributed by atoms with E-state index in [1.807, 2.05) is 0 Å². The molecule has 2 atom stereocenters. The number of hydrogen-bond acceptors (Lipinski definition) is 4. The first kappa shape index (κ1) is 32.8. The van der Waals surface area contributed by atoms with Gasteiger partial charge >= 0.3 is 0 Å². The average Bonchev–Trinajstić information content (AvgIpc) is 2.82. The highest BCUT2D eigenvalue weighted by atomic mass is 16.3. The minimum absolute atomic E-state index is 0.124. The predicted octanol–water partition coefficient (Wildman–Crippen LogP) is 7.12. The molecule has 200 valence electrons. The number of nitrogens with one attached hydrogen (secondary N) is 2. The van der Waals surface area contributed by atoms with Gasteiger partial charge < -0.3 is 20.8 Å². The molecule has 0 aliphatic heterocycles. The molecule has 4 N–H and O–H groups in total. The second-order valence-corrected chi connectivity index (χ2v) is 10.2. The van der Waals surface area contributed by atoms with Crippen molar-refractivity contribution < 1.29 is 10.2 Å². The van der Waals surface area contributed by atoms with Gasteiger partial charge in [-0.15, -0.1) is 0 Å². The van der Waals surface area contributed by atoms with Crippen molar-refractivity contribution in [2.45, 2.75) is 161 Å². The Morgan fingerprint density at radius 2 is 0.970 bits per heavy atom. The number of rotatable bonds is 28. The van der Waals surface area contributed by atoms with Crippen molar-refractivity contribution in [3.8, 4) is 0 Å². The van der Waals surface area contributed by atoms with E-state index in [-0.39, 0.29) is 18.8 Å². The molecule has 4 heteroatoms. The third-order valence-corrected chi connectivity index (χ3v) is 6.89. The van der Waals surface area contributed by atoms with Crippen LogP contribution in [0.25, 0.3) is 0 Å². The molecule has 4 nitrogen and oxygen atoms in total. The van der Waals surface area contributed by atoms with E-state index in [2.05, 4.69) is 24.5 Å². The van der Waals surface area contributed by atoms with Crippen LogP contribution in [0.5, 0.6) is 0 Å². The van der Waals surface area contributed by atoms with Crippen molar-refractivity contribution >= 4 is 0 Å². The van der Waals surface area contributed by atoms with Crippen molar-refractivity contribution in [1.29, 1.82) is 0 Å². The minimum Gasteiger partial charge on any atom is -0.396 e. The normalized spacial score (nSPS) is 13.5. The Morgan fingerprint density at radius 3 is 1.48 bits per heavy atom. The van der Waals surface area contributed by atoms with Crippen molar-refractivity contribution in [2.75, 3.05) is 26.2 Å². The molecule has 0 aromatic heterocycles. The lowest BCUT2D eigenvalue weighted by Gasteiger charge is -2.24. The molecule has 0 bridgehead atoms. The van der Waals surface area contributed by atoms with Crippen LogP contribution < -0.4 is 10.6 Å². The topological polar surface area (TPSA) is 64.5 Å². The summed E-state index contributed by atoms with van der Waals surface area (Å²) in [6, 6.07) is 0.124. The van der Waals surface area contributed by atoms with Crippen LogP contribution in [0.3, 0.4) is 0 Å². The quantitative estimate of drug-likeness (QED) is 0.0919. The highest BCUT2D eigenvalue weighted by Crippen LogP contribution is 2.11. The highest BCUT2D eigenvalue weighted by molar-refractivity contribution is 4.76. The standard InChI is InChI=1S/C29H62N2O2/c1-3-5-7-9-11-13-14-16-18-24-30-25-20-23-29(33)28(22-21-27-32)31-26-19-17-15-12-10-8-6-4-2/h28-33H,3-27H2,1-2H3. The summed E-state index contributed by atoms with van der Waals surface area (Å²) in [5.41, 5.74) is 0. The molecular weight excluding hydrogens is 408 g/mol. The van der Waals surface area contributed by atoms with Crippen LogP contribution in [0.1, 0.15) is 149 Å². The van der Waals surface area contributed by atoms with Gasteiger partial charge in [0.2, 0.25) is 0 Å². The Morgan fingerprint density at radius 1 is 0.515 bits per heavy atom. The number of hydrogen-bond donors (Lipinski definition) is 4. The van der Waals surface area contributed by atoms with E-state index in [4.69, 9.17) is 0 Å². The van der Waals surface area contributed by atoms with Gasteiger partial charge in [-0.25, -0.2) is 0 Å². The van der Waals surface area contributed by atoms with Crippen LogP contribution >= 0.6 is 0 Å². The molecular formula is C29H62N2O2. The van der Waals surface area contributed by atoms with Gasteiger partial charge in [0.1, 0.15) is 0 Å². The SMILES string of the molecule is CCCCCCCCCCCNCCCC(O)C(CCCO)NCCCCCCCCCC. The van der Waals surface area contributed by atoms with Gasteiger partial charge in [0, 0.05) is 12.6 Å². The molecule has 0 spiro atoms. The summed E-state index contributed by atoms with van der Waals surface area (Å²) in [5.74, 6) is 0. The Labute approximate surface area is 208 Å². The van der Waals surface area contributed by atoms with E-state index in [9.17, 15) is 10.2 Å². The van der Waals surface area contributed by atoms with Crippen molar-refractivity contribution in [2.24, 2.45) is 0 Å². The average molecular weight is 471 g/mol. The monoisotopic (exact) mass is 470 g/mol. The van der Waals surface area contributed by atoms with E-state index in [1.165, 1.54) is 109 Å². The summed E-state index contributed by atoms with van der Waals surface area (Å²) < 4.78 is 0. The molecule has 33 heavy (non-hydrogen) atoms. The molecule has 0 aromatic carbocycles. The molecule has 0 aliphatic rings. The number of unbranched alkanes of at least 4 members (excludes halogenated alkanes) is 15. The smallest absolute Gasteiger partial charge is 0.0693 e. The van der Waals surface area contributed by atoms with E-state index >= 15 is 0 Å². The maximum atomic E-state index is 10.7. The van der Waals surface area contributed by atoms with E-state index in [1.54, 1.807) is 0 Å². The summed E-state index contributed by atoms with van der Waals surface area (Å²) in [6.45, 7) is 7.85. The van der Waals surface area contributed by atoms with Gasteiger partial charge in [-0.3, -0.25) is 0 Å². The molecule has 0 fully saturated rings. The fourth-order valence-corrected chi connectivity index (χ4v) is 4.61. The maximum absolute atomic E-state index is 10.7. The molecule has 0 radical (unpaired) electrons. The molecule has 0 aliphatic carbocycles. The van der Waals surface area contributed by atoms with Crippen LogP contribution in [0.15, 0.2) is 0 Å². The zero-order valence-corrected chi connectivity index (χ0v) is 22.7. The third-order valence-electron chi connectivity index (χ3n) is 6.89. The van der Waals surface area contributed by atoms with Crippen LogP contribution in [0, 0.1) is 0 Å². The Kier molecular flexibility index (Phi) is 27.9. The first-order chi connectivity index (χ1) is 16.3. The Bertz CT molecular complexity index is 355. The minimum atomic E-state index is -0.305. The summed E-state index contributed by atoms with van der Waals surface area (Å²) in [4.78, 5) is 0. The van der Waals surface area contributed by atoms with Crippen molar-refractivity contribution in [1.82, 2.24) is 10.6 Å². The molecule has 0 rings (SSSR count). The van der Waals surface area contributed by atoms with Gasteiger partial charge in [-0.05, 0) is 58.2 Å². The van der Waals surface area contributed by atoms with Crippen molar-refractivity contribution in [3.63, 3.8) is 0 Å². The zero-order chi connectivity index (χ0) is 24.2. The van der Waals surface area contributed by atoms with Crippen LogP contribution in [0.4, 0.5) is 0 Å². The summed E-state index contributed by atoms with van der Waals surface area (Å²) in [7, 11) is 0. The molecule has 2 unspecified atom stereocenters. The second kappa shape index (κ2) is 28.1. The van der Waals surface area contributed by atoms with Gasteiger partial charge in [0.05, 0.1) is 6.10 Å². The fraction of sp³-hybridized carbons (Fsp3) is 1.00. The lowest BCUT2D eigenvalue weighted by atomic mass is 10.0. The van der Waals surface area contributed by atoms with Crippen LogP contribution in [-0.2, 0) is 0 Å². The molecule has 0 saturated carbocycles. The summed E-state index contributed by atoms with van der Waals surface area (Å²) in [5, 5.41) is 27.0. The summed E-state index contributed by atoms with van der Waals surface area (Å²) in [6.07, 6.45) is 26.2. The lowest BCUT2D eigenvalue weighted by Crippen LogP contribution is -2.41. The number of aliphatic hydroxyl groups is 2. The fourth-order valence-electron chi connectivity index (χ4n) is 4.61. The zero-order valence-electron chi connectivity index (χ0n) is 22.7. The first-order valence-electron chi connectivity index (χ1n) is 15.0. The van der Waals surface area contributed by atoms with E-state index in [0.29, 0.717) is 0 Å². The maximum Gasteiger partial charge on any atom is 0.0693 e. The predicted molar refractivity (Wildman–Crippen MR) is 146 cm³/mol. The second-order valence-electron chi connectivity index (χ2n) is 10.2. The molecule has 0 aromatic rings. The largest absolute Gasteiger partial charge is 0.396 e. The van der Waals surface area contributed by atoms with Gasteiger partial charge in [0.25, 0.3) is 0 Å². The van der Waals surface area contributed by atoms with Crippen molar-refractivity contribution in [3.05, 3.63) is 0 Å². The molecule has 0 heterocycles. The Hall–Kier alpha value is -0.160. The van der Waals surface area contributed by atoms with E-state index in [0.717, 1.165) is 45.3 Å². The Balaban J connectivity index is 3.65. The first-order valence-corrected chi connectivity index (χ1v) is 15.0. The van der Waals surface area contributed by atoms with Gasteiger partial charge in [-0.1, -0.05) is 110 Å².